The quantitative estimate of drug-likeness (QED) is 0.863. The lowest BCUT2D eigenvalue weighted by Gasteiger charge is -2.10. The third-order valence-electron chi connectivity index (χ3n) is 2.08. The monoisotopic (exact) mass is 287 g/mol. The Kier molecular flexibility index (Phi) is 3.62. The van der Waals surface area contributed by atoms with Crippen molar-refractivity contribution in [2.45, 2.75) is 0 Å². The number of halogens is 3. The lowest BCUT2D eigenvalue weighted by Crippen LogP contribution is -1.99. The molecule has 17 heavy (non-hydrogen) atoms. The Balaban J connectivity index is 2.37. The Bertz CT molecular complexity index is 558. The molecule has 0 atom stereocenters. The smallest absolute Gasteiger partial charge is 0.151 e. The summed E-state index contributed by atoms with van der Waals surface area (Å²) >= 11 is 17.8. The fourth-order valence-corrected chi connectivity index (χ4v) is 1.85. The maximum atomic E-state index is 6.01. The normalized spacial score (nSPS) is 10.3. The van der Waals surface area contributed by atoms with E-state index >= 15 is 0 Å². The Labute approximate surface area is 114 Å². The average molecular weight is 289 g/mol. The van der Waals surface area contributed by atoms with Gasteiger partial charge in [-0.1, -0.05) is 46.9 Å². The van der Waals surface area contributed by atoms with Crippen LogP contribution in [-0.2, 0) is 0 Å². The van der Waals surface area contributed by atoms with Crippen molar-refractivity contribution in [3.8, 4) is 0 Å². The van der Waals surface area contributed by atoms with Crippen LogP contribution in [0.5, 0.6) is 0 Å². The maximum Gasteiger partial charge on any atom is 0.151 e. The van der Waals surface area contributed by atoms with Crippen molar-refractivity contribution < 1.29 is 0 Å². The number of aromatic nitrogens is 1. The highest BCUT2D eigenvalue weighted by atomic mass is 35.5. The standard InChI is InChI=1S/C11H8Cl3N3/c12-6-3-1-2-4-9(6)16-11-8(14)5-7(13)10(15)17-11/h1-5H,(H3,15,16,17). The largest absolute Gasteiger partial charge is 0.382 e. The molecular weight excluding hydrogens is 281 g/mol. The van der Waals surface area contributed by atoms with Crippen LogP contribution in [0.15, 0.2) is 30.3 Å². The molecule has 0 radical (unpaired) electrons. The molecule has 3 nitrogen and oxygen atoms in total. The van der Waals surface area contributed by atoms with E-state index in [0.717, 1.165) is 0 Å². The van der Waals surface area contributed by atoms with E-state index in [2.05, 4.69) is 10.3 Å². The summed E-state index contributed by atoms with van der Waals surface area (Å²) in [5.41, 5.74) is 6.31. The van der Waals surface area contributed by atoms with Crippen molar-refractivity contribution in [2.75, 3.05) is 11.1 Å². The predicted octanol–water partition coefficient (Wildman–Crippen LogP) is 4.37. The van der Waals surface area contributed by atoms with E-state index in [-0.39, 0.29) is 5.82 Å². The van der Waals surface area contributed by atoms with Crippen molar-refractivity contribution in [3.63, 3.8) is 0 Å². The topological polar surface area (TPSA) is 50.9 Å². The zero-order chi connectivity index (χ0) is 12.4. The molecule has 2 aromatic rings. The second-order valence-electron chi connectivity index (χ2n) is 3.29. The van der Waals surface area contributed by atoms with Crippen LogP contribution < -0.4 is 11.1 Å². The number of rotatable bonds is 2. The first-order chi connectivity index (χ1) is 8.08. The molecule has 0 spiro atoms. The summed E-state index contributed by atoms with van der Waals surface area (Å²) in [6, 6.07) is 8.78. The number of benzene rings is 1. The number of nitrogens with two attached hydrogens (primary N) is 1. The molecule has 1 heterocycles. The molecule has 0 saturated carbocycles. The van der Waals surface area contributed by atoms with Gasteiger partial charge in [0.2, 0.25) is 0 Å². The van der Waals surface area contributed by atoms with Crippen molar-refractivity contribution >= 4 is 52.1 Å². The van der Waals surface area contributed by atoms with Crippen LogP contribution in [0, 0.1) is 0 Å². The summed E-state index contributed by atoms with van der Waals surface area (Å²) in [7, 11) is 0. The second-order valence-corrected chi connectivity index (χ2v) is 4.51. The molecule has 3 N–H and O–H groups in total. The molecule has 88 valence electrons. The number of anilines is 3. The number of para-hydroxylation sites is 1. The molecule has 0 amide bonds. The third-order valence-corrected chi connectivity index (χ3v) is 3.00. The number of nitrogens with one attached hydrogen (secondary N) is 1. The summed E-state index contributed by atoms with van der Waals surface area (Å²) in [5, 5.41) is 4.26. The first-order valence-corrected chi connectivity index (χ1v) is 5.84. The van der Waals surface area contributed by atoms with Crippen LogP contribution in [0.1, 0.15) is 0 Å². The Morgan fingerprint density at radius 1 is 1.00 bits per heavy atom. The predicted molar refractivity (Wildman–Crippen MR) is 73.4 cm³/mol. The minimum absolute atomic E-state index is 0.214. The van der Waals surface area contributed by atoms with Gasteiger partial charge in [0, 0.05) is 0 Å². The van der Waals surface area contributed by atoms with Crippen molar-refractivity contribution in [3.05, 3.63) is 45.4 Å². The number of nitrogen functional groups attached to an aromatic ring is 1. The fourth-order valence-electron chi connectivity index (χ4n) is 1.26. The maximum absolute atomic E-state index is 6.01. The van der Waals surface area contributed by atoms with Crippen LogP contribution in [0.4, 0.5) is 17.3 Å². The van der Waals surface area contributed by atoms with Gasteiger partial charge in [0.15, 0.2) is 5.82 Å². The highest BCUT2D eigenvalue weighted by molar-refractivity contribution is 6.37. The number of pyridine rings is 1. The van der Waals surface area contributed by atoms with E-state index < -0.39 is 0 Å². The Morgan fingerprint density at radius 3 is 2.41 bits per heavy atom. The van der Waals surface area contributed by atoms with Crippen molar-refractivity contribution in [1.29, 1.82) is 0 Å². The zero-order valence-electron chi connectivity index (χ0n) is 8.55. The second kappa shape index (κ2) is 5.00. The zero-order valence-corrected chi connectivity index (χ0v) is 10.8. The fraction of sp³-hybridized carbons (Fsp3) is 0. The molecule has 0 bridgehead atoms. The van der Waals surface area contributed by atoms with Gasteiger partial charge in [0.1, 0.15) is 5.82 Å². The summed E-state index contributed by atoms with van der Waals surface area (Å²) in [4.78, 5) is 4.05. The molecule has 0 aliphatic heterocycles. The van der Waals surface area contributed by atoms with E-state index in [9.17, 15) is 0 Å². The van der Waals surface area contributed by atoms with E-state index in [1.54, 1.807) is 6.07 Å². The summed E-state index contributed by atoms with van der Waals surface area (Å²) in [5.74, 6) is 0.632. The number of nitrogens with zero attached hydrogens (tertiary/aromatic N) is 1. The molecule has 1 aromatic heterocycles. The molecule has 2 rings (SSSR count). The van der Waals surface area contributed by atoms with Gasteiger partial charge in [-0.3, -0.25) is 0 Å². The van der Waals surface area contributed by atoms with Crippen LogP contribution >= 0.6 is 34.8 Å². The summed E-state index contributed by atoms with van der Waals surface area (Å²) in [6.07, 6.45) is 0. The van der Waals surface area contributed by atoms with Gasteiger partial charge in [-0.25, -0.2) is 4.98 Å². The average Bonchev–Trinajstić information content (AvgIpc) is 2.29. The van der Waals surface area contributed by atoms with E-state index in [1.807, 2.05) is 18.2 Å². The molecule has 0 saturated heterocycles. The van der Waals surface area contributed by atoms with Crippen LogP contribution in [0.3, 0.4) is 0 Å². The highest BCUT2D eigenvalue weighted by Crippen LogP contribution is 2.31. The molecule has 0 aliphatic carbocycles. The van der Waals surface area contributed by atoms with Gasteiger partial charge in [0.25, 0.3) is 0 Å². The van der Waals surface area contributed by atoms with Crippen molar-refractivity contribution in [1.82, 2.24) is 4.98 Å². The SMILES string of the molecule is Nc1nc(Nc2ccccc2Cl)c(Cl)cc1Cl. The molecule has 6 heteroatoms. The summed E-state index contributed by atoms with van der Waals surface area (Å²) in [6.45, 7) is 0. The first kappa shape index (κ1) is 12.3. The Morgan fingerprint density at radius 2 is 1.71 bits per heavy atom. The van der Waals surface area contributed by atoms with E-state index in [1.165, 1.54) is 6.07 Å². The molecule has 0 fully saturated rings. The van der Waals surface area contributed by atoms with Gasteiger partial charge in [-0.2, -0.15) is 0 Å². The molecule has 0 unspecified atom stereocenters. The summed E-state index contributed by atoms with van der Waals surface area (Å²) < 4.78 is 0. The number of hydrogen-bond acceptors (Lipinski definition) is 3. The molecule has 0 aliphatic rings. The van der Waals surface area contributed by atoms with Gasteiger partial charge in [0.05, 0.1) is 20.8 Å². The van der Waals surface area contributed by atoms with E-state index in [4.69, 9.17) is 40.5 Å². The Hall–Kier alpha value is -1.16. The van der Waals surface area contributed by atoms with Crippen LogP contribution in [-0.4, -0.2) is 4.98 Å². The van der Waals surface area contributed by atoms with Crippen LogP contribution in [0.25, 0.3) is 0 Å². The van der Waals surface area contributed by atoms with Crippen molar-refractivity contribution in [2.24, 2.45) is 0 Å². The van der Waals surface area contributed by atoms with E-state index in [0.29, 0.717) is 26.6 Å². The molecule has 1 aromatic carbocycles. The lowest BCUT2D eigenvalue weighted by molar-refractivity contribution is 1.31. The number of hydrogen-bond donors (Lipinski definition) is 2. The van der Waals surface area contributed by atoms with Crippen LogP contribution in [0.2, 0.25) is 15.1 Å². The van der Waals surface area contributed by atoms with Gasteiger partial charge in [-0.15, -0.1) is 0 Å². The lowest BCUT2D eigenvalue weighted by atomic mass is 10.3. The van der Waals surface area contributed by atoms with Gasteiger partial charge < -0.3 is 11.1 Å². The highest BCUT2D eigenvalue weighted by Gasteiger charge is 2.08. The third kappa shape index (κ3) is 2.75. The minimum atomic E-state index is 0.214. The molecular formula is C11H8Cl3N3. The minimum Gasteiger partial charge on any atom is -0.382 e. The first-order valence-electron chi connectivity index (χ1n) is 4.71. The van der Waals surface area contributed by atoms with Gasteiger partial charge >= 0.3 is 0 Å². The van der Waals surface area contributed by atoms with Gasteiger partial charge in [-0.05, 0) is 18.2 Å².